The Balaban J connectivity index is 2.11. The van der Waals surface area contributed by atoms with Crippen LogP contribution in [-0.4, -0.2) is 25.3 Å². The lowest BCUT2D eigenvalue weighted by Crippen LogP contribution is -2.23. The zero-order valence-corrected chi connectivity index (χ0v) is 19.1. The van der Waals surface area contributed by atoms with E-state index in [0.717, 1.165) is 49.7 Å². The topological polar surface area (TPSA) is 62.8 Å². The van der Waals surface area contributed by atoms with E-state index in [4.69, 9.17) is 10.7 Å². The van der Waals surface area contributed by atoms with Crippen molar-refractivity contribution in [2.75, 3.05) is 13.6 Å². The zero-order chi connectivity index (χ0) is 21.1. The van der Waals surface area contributed by atoms with Crippen molar-refractivity contribution in [2.24, 2.45) is 27.6 Å². The molecule has 0 bridgehead atoms. The van der Waals surface area contributed by atoms with Crippen LogP contribution in [0.15, 0.2) is 28.2 Å². The first-order chi connectivity index (χ1) is 14.0. The Labute approximate surface area is 178 Å². The molecule has 1 atom stereocenters. The SMILES string of the molecule is CCC(N)=NC(CCC(CNC)CC1CCCCC1)=Nc1ccc(CC)cc1C. The minimum atomic E-state index is 0.670. The first kappa shape index (κ1) is 23.6. The Morgan fingerprint density at radius 3 is 2.59 bits per heavy atom. The number of amidine groups is 2. The van der Waals surface area contributed by atoms with Gasteiger partial charge < -0.3 is 11.1 Å². The zero-order valence-electron chi connectivity index (χ0n) is 19.1. The maximum Gasteiger partial charge on any atom is 0.131 e. The summed E-state index contributed by atoms with van der Waals surface area (Å²) in [7, 11) is 2.06. The van der Waals surface area contributed by atoms with E-state index in [2.05, 4.69) is 49.4 Å². The number of aryl methyl sites for hydroxylation is 2. The summed E-state index contributed by atoms with van der Waals surface area (Å²) in [6, 6.07) is 6.53. The van der Waals surface area contributed by atoms with Crippen LogP contribution in [0.5, 0.6) is 0 Å². The van der Waals surface area contributed by atoms with Crippen molar-refractivity contribution in [1.29, 1.82) is 0 Å². The Kier molecular flexibility index (Phi) is 10.4. The van der Waals surface area contributed by atoms with Crippen LogP contribution >= 0.6 is 0 Å². The van der Waals surface area contributed by atoms with E-state index in [1.54, 1.807) is 0 Å². The van der Waals surface area contributed by atoms with Gasteiger partial charge in [0.25, 0.3) is 0 Å². The van der Waals surface area contributed by atoms with Crippen molar-refractivity contribution in [3.05, 3.63) is 29.3 Å². The maximum atomic E-state index is 6.08. The van der Waals surface area contributed by atoms with E-state index >= 15 is 0 Å². The van der Waals surface area contributed by atoms with Crippen molar-refractivity contribution in [3.63, 3.8) is 0 Å². The Hall–Kier alpha value is -1.68. The number of hydrogen-bond donors (Lipinski definition) is 2. The molecule has 2 rings (SSSR count). The molecular weight excluding hydrogens is 356 g/mol. The average molecular weight is 399 g/mol. The van der Waals surface area contributed by atoms with Crippen LogP contribution in [0.1, 0.15) is 82.8 Å². The largest absolute Gasteiger partial charge is 0.387 e. The lowest BCUT2D eigenvalue weighted by Gasteiger charge is -2.26. The lowest BCUT2D eigenvalue weighted by atomic mass is 9.81. The molecule has 162 valence electrons. The molecule has 1 unspecified atom stereocenters. The molecule has 0 spiro atoms. The molecule has 1 aliphatic carbocycles. The van der Waals surface area contributed by atoms with Crippen LogP contribution < -0.4 is 11.1 Å². The van der Waals surface area contributed by atoms with Crippen molar-refractivity contribution in [2.45, 2.75) is 85.0 Å². The molecule has 4 heteroatoms. The highest BCUT2D eigenvalue weighted by Crippen LogP contribution is 2.30. The minimum absolute atomic E-state index is 0.670. The highest BCUT2D eigenvalue weighted by molar-refractivity contribution is 5.97. The summed E-state index contributed by atoms with van der Waals surface area (Å²) in [5, 5.41) is 3.40. The van der Waals surface area contributed by atoms with Crippen LogP contribution in [0.4, 0.5) is 5.69 Å². The van der Waals surface area contributed by atoms with Gasteiger partial charge in [-0.05, 0) is 68.8 Å². The lowest BCUT2D eigenvalue weighted by molar-refractivity contribution is 0.277. The van der Waals surface area contributed by atoms with E-state index in [1.165, 1.54) is 49.7 Å². The van der Waals surface area contributed by atoms with Crippen LogP contribution in [0, 0.1) is 18.8 Å². The monoisotopic (exact) mass is 398 g/mol. The third kappa shape index (κ3) is 8.30. The molecule has 3 N–H and O–H groups in total. The van der Waals surface area contributed by atoms with Gasteiger partial charge in [0.1, 0.15) is 11.7 Å². The van der Waals surface area contributed by atoms with Gasteiger partial charge in [0.05, 0.1) is 5.69 Å². The van der Waals surface area contributed by atoms with E-state index < -0.39 is 0 Å². The number of nitrogens with two attached hydrogens (primary N) is 1. The number of nitrogens with one attached hydrogen (secondary N) is 1. The van der Waals surface area contributed by atoms with Crippen LogP contribution in [0.3, 0.4) is 0 Å². The van der Waals surface area contributed by atoms with Gasteiger partial charge in [0.2, 0.25) is 0 Å². The van der Waals surface area contributed by atoms with Gasteiger partial charge >= 0.3 is 0 Å². The number of aliphatic imine (C=N–C) groups is 2. The third-order valence-corrected chi connectivity index (χ3v) is 6.21. The number of hydrogen-bond acceptors (Lipinski definition) is 2. The fourth-order valence-corrected chi connectivity index (χ4v) is 4.40. The molecule has 1 aromatic carbocycles. The van der Waals surface area contributed by atoms with Gasteiger partial charge in [-0.3, -0.25) is 0 Å². The smallest absolute Gasteiger partial charge is 0.131 e. The number of rotatable bonds is 10. The molecule has 0 aliphatic heterocycles. The second-order valence-corrected chi connectivity index (χ2v) is 8.66. The number of nitrogens with zero attached hydrogens (tertiary/aromatic N) is 2. The van der Waals surface area contributed by atoms with Gasteiger partial charge in [-0.2, -0.15) is 0 Å². The first-order valence-corrected chi connectivity index (χ1v) is 11.7. The predicted molar refractivity (Wildman–Crippen MR) is 127 cm³/mol. The fraction of sp³-hybridized carbons (Fsp3) is 0.680. The van der Waals surface area contributed by atoms with Gasteiger partial charge in [-0.1, -0.05) is 58.1 Å². The van der Waals surface area contributed by atoms with E-state index in [9.17, 15) is 0 Å². The van der Waals surface area contributed by atoms with Gasteiger partial charge in [-0.15, -0.1) is 0 Å². The predicted octanol–water partition coefficient (Wildman–Crippen LogP) is 5.94. The van der Waals surface area contributed by atoms with Gasteiger partial charge in [0.15, 0.2) is 0 Å². The summed E-state index contributed by atoms with van der Waals surface area (Å²) in [6.45, 7) is 7.44. The quantitative estimate of drug-likeness (QED) is 0.378. The second kappa shape index (κ2) is 12.8. The van der Waals surface area contributed by atoms with Crippen molar-refractivity contribution in [1.82, 2.24) is 5.32 Å². The standard InChI is InChI=1S/C25H42N4/c1-5-20-12-14-23(19(3)16-20)28-25(29-24(26)6-2)15-13-22(18-27-4)17-21-10-8-7-9-11-21/h12,14,16,21-22,27H,5-11,13,15,17-18H2,1-4H3,(H2,26,28,29). The molecule has 0 amide bonds. The van der Waals surface area contributed by atoms with Crippen LogP contribution in [0.25, 0.3) is 0 Å². The number of benzene rings is 1. The Morgan fingerprint density at radius 2 is 1.97 bits per heavy atom. The summed E-state index contributed by atoms with van der Waals surface area (Å²) < 4.78 is 0. The molecule has 1 aliphatic rings. The summed E-state index contributed by atoms with van der Waals surface area (Å²) in [6.07, 6.45) is 12.2. The van der Waals surface area contributed by atoms with Gasteiger partial charge in [-0.25, -0.2) is 9.98 Å². The third-order valence-electron chi connectivity index (χ3n) is 6.21. The highest BCUT2D eigenvalue weighted by atomic mass is 15.0. The van der Waals surface area contributed by atoms with Crippen LogP contribution in [0.2, 0.25) is 0 Å². The maximum absolute atomic E-state index is 6.08. The van der Waals surface area contributed by atoms with E-state index in [-0.39, 0.29) is 0 Å². The normalized spacial score (nSPS) is 17.5. The Morgan fingerprint density at radius 1 is 1.21 bits per heavy atom. The fourth-order valence-electron chi connectivity index (χ4n) is 4.40. The summed E-state index contributed by atoms with van der Waals surface area (Å²) >= 11 is 0. The van der Waals surface area contributed by atoms with Crippen molar-refractivity contribution >= 4 is 17.4 Å². The van der Waals surface area contributed by atoms with Gasteiger partial charge in [0, 0.05) is 12.8 Å². The van der Waals surface area contributed by atoms with Crippen molar-refractivity contribution in [3.8, 4) is 0 Å². The molecule has 0 saturated heterocycles. The van der Waals surface area contributed by atoms with E-state index in [0.29, 0.717) is 11.8 Å². The molecule has 0 radical (unpaired) electrons. The molecule has 1 fully saturated rings. The second-order valence-electron chi connectivity index (χ2n) is 8.66. The van der Waals surface area contributed by atoms with E-state index in [1.807, 2.05) is 6.92 Å². The summed E-state index contributed by atoms with van der Waals surface area (Å²) in [5.74, 6) is 3.12. The molecule has 1 aromatic rings. The van der Waals surface area contributed by atoms with Crippen molar-refractivity contribution < 1.29 is 0 Å². The van der Waals surface area contributed by atoms with Crippen LogP contribution in [-0.2, 0) is 6.42 Å². The molecule has 0 heterocycles. The molecule has 0 aromatic heterocycles. The average Bonchev–Trinajstić information content (AvgIpc) is 2.73. The molecular formula is C25H42N4. The minimum Gasteiger partial charge on any atom is -0.387 e. The molecule has 29 heavy (non-hydrogen) atoms. The molecule has 4 nitrogen and oxygen atoms in total. The summed E-state index contributed by atoms with van der Waals surface area (Å²) in [4.78, 5) is 9.61. The molecule has 1 saturated carbocycles. The Bertz CT molecular complexity index is 671. The highest BCUT2D eigenvalue weighted by Gasteiger charge is 2.19. The first-order valence-electron chi connectivity index (χ1n) is 11.7. The summed E-state index contributed by atoms with van der Waals surface area (Å²) in [5.41, 5.74) is 9.66.